The van der Waals surface area contributed by atoms with E-state index in [0.29, 0.717) is 22.0 Å². The lowest BCUT2D eigenvalue weighted by Gasteiger charge is -2.39. The summed E-state index contributed by atoms with van der Waals surface area (Å²) in [6, 6.07) is 12.3. The number of thiophene rings is 1. The topological polar surface area (TPSA) is 111 Å². The molecule has 0 bridgehead atoms. The molecule has 4 rings (SSSR count). The first-order valence-corrected chi connectivity index (χ1v) is 15.2. The molecule has 208 valence electrons. The van der Waals surface area contributed by atoms with Crippen LogP contribution in [-0.4, -0.2) is 86.6 Å². The van der Waals surface area contributed by atoms with E-state index in [-0.39, 0.29) is 23.8 Å². The number of fused-ring (bicyclic) bond motifs is 1. The van der Waals surface area contributed by atoms with Gasteiger partial charge in [-0.1, -0.05) is 43.1 Å². The van der Waals surface area contributed by atoms with Crippen molar-refractivity contribution < 1.29 is 22.7 Å². The van der Waals surface area contributed by atoms with Gasteiger partial charge in [0, 0.05) is 54.1 Å². The van der Waals surface area contributed by atoms with Crippen LogP contribution in [0.15, 0.2) is 52.7 Å². The number of carbonyl (C=O) groups excluding carboxylic acids is 2. The number of amidine groups is 1. The number of hydrogen-bond acceptors (Lipinski definition) is 7. The summed E-state index contributed by atoms with van der Waals surface area (Å²) in [6.07, 6.45) is 2.00. The second-order valence-electron chi connectivity index (χ2n) is 9.35. The van der Waals surface area contributed by atoms with Crippen molar-refractivity contribution in [3.05, 3.63) is 64.7 Å². The van der Waals surface area contributed by atoms with Crippen LogP contribution in [0.2, 0.25) is 5.02 Å². The number of halogens is 1. The third-order valence-corrected chi connectivity index (χ3v) is 10.4. The maximum Gasteiger partial charge on any atom is 0.329 e. The van der Waals surface area contributed by atoms with Crippen molar-refractivity contribution in [3.63, 3.8) is 0 Å². The normalized spacial score (nSPS) is 16.3. The molecule has 39 heavy (non-hydrogen) atoms. The van der Waals surface area contributed by atoms with Gasteiger partial charge in [-0.2, -0.15) is 4.31 Å². The van der Waals surface area contributed by atoms with Gasteiger partial charge in [0.2, 0.25) is 0 Å². The molecule has 0 spiro atoms. The van der Waals surface area contributed by atoms with E-state index in [2.05, 4.69) is 6.92 Å². The number of piperazine rings is 1. The number of nitrogens with one attached hydrogen (secondary N) is 1. The van der Waals surface area contributed by atoms with Crippen LogP contribution in [0, 0.1) is 5.41 Å². The molecule has 2 heterocycles. The van der Waals surface area contributed by atoms with Crippen LogP contribution in [-0.2, 0) is 19.6 Å². The molecule has 0 aliphatic carbocycles. The summed E-state index contributed by atoms with van der Waals surface area (Å²) < 4.78 is 34.0. The molecule has 1 unspecified atom stereocenters. The number of nitrogens with zero attached hydrogens (tertiary/aromatic N) is 3. The van der Waals surface area contributed by atoms with E-state index in [9.17, 15) is 18.0 Å². The maximum absolute atomic E-state index is 13.5. The van der Waals surface area contributed by atoms with Gasteiger partial charge < -0.3 is 14.5 Å². The smallest absolute Gasteiger partial charge is 0.329 e. The van der Waals surface area contributed by atoms with Gasteiger partial charge in [-0.3, -0.25) is 10.2 Å². The van der Waals surface area contributed by atoms with Gasteiger partial charge in [-0.15, -0.1) is 11.3 Å². The van der Waals surface area contributed by atoms with Gasteiger partial charge in [0.05, 0.1) is 7.11 Å². The summed E-state index contributed by atoms with van der Waals surface area (Å²) in [5.74, 6) is -0.740. The number of rotatable bonds is 8. The second-order valence-corrected chi connectivity index (χ2v) is 13.0. The van der Waals surface area contributed by atoms with Crippen LogP contribution in [0.3, 0.4) is 0 Å². The van der Waals surface area contributed by atoms with Crippen molar-refractivity contribution in [1.29, 1.82) is 5.41 Å². The molecule has 0 radical (unpaired) electrons. The van der Waals surface area contributed by atoms with Gasteiger partial charge in [-0.25, -0.2) is 13.2 Å². The van der Waals surface area contributed by atoms with Gasteiger partial charge in [0.15, 0.2) is 0 Å². The molecule has 1 aromatic heterocycles. The van der Waals surface area contributed by atoms with Crippen LogP contribution >= 0.6 is 22.9 Å². The van der Waals surface area contributed by atoms with Crippen molar-refractivity contribution in [2.75, 3.05) is 40.3 Å². The first-order valence-electron chi connectivity index (χ1n) is 12.5. The molecule has 1 aliphatic rings. The van der Waals surface area contributed by atoms with Crippen LogP contribution in [0.25, 0.3) is 10.1 Å². The third-order valence-electron chi connectivity index (χ3n) is 6.76. The first kappa shape index (κ1) is 29.0. The molecular weight excluding hydrogens is 560 g/mol. The molecule has 0 saturated carbocycles. The number of hydrogen-bond donors (Lipinski definition) is 1. The largest absolute Gasteiger partial charge is 0.467 e. The lowest BCUT2D eigenvalue weighted by atomic mass is 10.1. The zero-order valence-corrected chi connectivity index (χ0v) is 24.4. The summed E-state index contributed by atoms with van der Waals surface area (Å²) in [6.45, 7) is 2.68. The predicted molar refractivity (Wildman–Crippen MR) is 153 cm³/mol. The SMILES string of the molecule is CCCCN(C)C(=N)c1ccc(C(=O)N2CCN(S(=O)(=O)c3cc4ccc(Cl)cc4s3)CC2C(=O)OC)cc1. The van der Waals surface area contributed by atoms with Gasteiger partial charge in [0.1, 0.15) is 16.1 Å². The quantitative estimate of drug-likeness (QED) is 0.238. The number of benzene rings is 2. The summed E-state index contributed by atoms with van der Waals surface area (Å²) in [7, 11) is -0.848. The van der Waals surface area contributed by atoms with Crippen LogP contribution < -0.4 is 0 Å². The van der Waals surface area contributed by atoms with Gasteiger partial charge in [-0.05, 0) is 42.1 Å². The van der Waals surface area contributed by atoms with Crippen LogP contribution in [0.4, 0.5) is 0 Å². The molecule has 2 aromatic carbocycles. The van der Waals surface area contributed by atoms with Crippen LogP contribution in [0.1, 0.15) is 35.7 Å². The third kappa shape index (κ3) is 6.11. The Balaban J connectivity index is 1.53. The highest BCUT2D eigenvalue weighted by Gasteiger charge is 2.41. The van der Waals surface area contributed by atoms with E-state index in [4.69, 9.17) is 21.7 Å². The monoisotopic (exact) mass is 590 g/mol. The van der Waals surface area contributed by atoms with E-state index in [1.54, 1.807) is 48.5 Å². The average molecular weight is 591 g/mol. The van der Waals surface area contributed by atoms with E-state index in [0.717, 1.165) is 40.8 Å². The van der Waals surface area contributed by atoms with Crippen molar-refractivity contribution in [2.45, 2.75) is 30.0 Å². The molecule has 1 N–H and O–H groups in total. The minimum Gasteiger partial charge on any atom is -0.467 e. The van der Waals surface area contributed by atoms with Gasteiger partial charge in [0.25, 0.3) is 15.9 Å². The number of carbonyl (C=O) groups is 2. The average Bonchev–Trinajstić information content (AvgIpc) is 3.38. The van der Waals surface area contributed by atoms with Crippen molar-refractivity contribution in [3.8, 4) is 0 Å². The molecular formula is C27H31ClN4O5S2. The first-order chi connectivity index (χ1) is 18.6. The lowest BCUT2D eigenvalue weighted by Crippen LogP contribution is -2.59. The van der Waals surface area contributed by atoms with Crippen molar-refractivity contribution in [1.82, 2.24) is 14.1 Å². The number of amides is 1. The fourth-order valence-electron chi connectivity index (χ4n) is 4.46. The molecule has 9 nitrogen and oxygen atoms in total. The minimum absolute atomic E-state index is 0.0197. The Kier molecular flexibility index (Phi) is 8.95. The highest BCUT2D eigenvalue weighted by Crippen LogP contribution is 2.33. The Hall–Kier alpha value is -2.99. The molecule has 1 amide bonds. The summed E-state index contributed by atoms with van der Waals surface area (Å²) in [5.41, 5.74) is 1.02. The second kappa shape index (κ2) is 12.0. The van der Waals surface area contributed by atoms with Crippen molar-refractivity contribution >= 4 is 60.8 Å². The molecule has 12 heteroatoms. The Morgan fingerprint density at radius 2 is 1.82 bits per heavy atom. The van der Waals surface area contributed by atoms with Gasteiger partial charge >= 0.3 is 5.97 Å². The summed E-state index contributed by atoms with van der Waals surface area (Å²) in [5, 5.41) is 9.67. The fraction of sp³-hybridized carbons (Fsp3) is 0.370. The Morgan fingerprint density at radius 1 is 1.13 bits per heavy atom. The zero-order valence-electron chi connectivity index (χ0n) is 22.0. The number of methoxy groups -OCH3 is 1. The summed E-state index contributed by atoms with van der Waals surface area (Å²) >= 11 is 7.17. The number of unbranched alkanes of at least 4 members (excludes halogenated alkanes) is 1. The zero-order chi connectivity index (χ0) is 28.3. The predicted octanol–water partition coefficient (Wildman–Crippen LogP) is 4.30. The standard InChI is InChI=1S/C27H31ClN4O5S2/c1-4-5-12-30(2)25(29)18-6-8-19(9-7-18)26(33)32-14-13-31(17-22(32)27(34)37-3)39(35,36)24-15-20-10-11-21(28)16-23(20)38-24/h6-11,15-16,22,29H,4-5,12-14,17H2,1-3H3. The van der Waals surface area contributed by atoms with E-state index in [1.165, 1.54) is 16.3 Å². The summed E-state index contributed by atoms with van der Waals surface area (Å²) in [4.78, 5) is 29.4. The van der Waals surface area contributed by atoms with E-state index < -0.39 is 27.9 Å². The number of ether oxygens (including phenoxy) is 1. The van der Waals surface area contributed by atoms with E-state index in [1.807, 2.05) is 11.9 Å². The Labute approximate surface area is 237 Å². The van der Waals surface area contributed by atoms with Crippen LogP contribution in [0.5, 0.6) is 0 Å². The molecule has 1 fully saturated rings. The lowest BCUT2D eigenvalue weighted by molar-refractivity contribution is -0.147. The molecule has 1 saturated heterocycles. The molecule has 1 aliphatic heterocycles. The van der Waals surface area contributed by atoms with E-state index >= 15 is 0 Å². The Bertz CT molecular complexity index is 1490. The number of esters is 1. The highest BCUT2D eigenvalue weighted by atomic mass is 35.5. The maximum atomic E-state index is 13.5. The Morgan fingerprint density at radius 3 is 2.49 bits per heavy atom. The molecule has 3 aromatic rings. The minimum atomic E-state index is -3.92. The highest BCUT2D eigenvalue weighted by molar-refractivity contribution is 7.91. The van der Waals surface area contributed by atoms with Crippen molar-refractivity contribution in [2.24, 2.45) is 0 Å². The molecule has 1 atom stereocenters. The fourth-order valence-corrected chi connectivity index (χ4v) is 7.72. The number of sulfonamides is 1.